The normalized spacial score (nSPS) is 10.7. The molecule has 0 aromatic heterocycles. The number of amides is 4. The molecule has 0 aliphatic rings. The molecule has 53 heavy (non-hydrogen) atoms. The molecule has 0 saturated carbocycles. The molecule has 14 heteroatoms. The fourth-order valence-electron chi connectivity index (χ4n) is 5.65. The van der Waals surface area contributed by atoms with Gasteiger partial charge in [-0.05, 0) is 87.2 Å². The van der Waals surface area contributed by atoms with Crippen LogP contribution in [0.2, 0.25) is 0 Å². The van der Waals surface area contributed by atoms with E-state index in [1.807, 2.05) is 0 Å². The van der Waals surface area contributed by atoms with E-state index in [0.29, 0.717) is 36.8 Å². The molecule has 4 amide bonds. The van der Waals surface area contributed by atoms with Gasteiger partial charge in [0.05, 0.1) is 11.1 Å². The Morgan fingerprint density at radius 2 is 0.981 bits per heavy atom. The van der Waals surface area contributed by atoms with Crippen molar-refractivity contribution in [2.75, 3.05) is 39.3 Å². The van der Waals surface area contributed by atoms with Gasteiger partial charge in [-0.15, -0.1) is 0 Å². The van der Waals surface area contributed by atoms with Crippen LogP contribution in [0.4, 0.5) is 0 Å². The Kier molecular flexibility index (Phi) is 13.9. The molecule has 0 aliphatic carbocycles. The molecule has 0 radical (unpaired) electrons. The smallest absolute Gasteiger partial charge is 0.257 e. The third-order valence-corrected chi connectivity index (χ3v) is 8.61. The second kappa shape index (κ2) is 18.7. The minimum absolute atomic E-state index is 0.000366. The van der Waals surface area contributed by atoms with Crippen LogP contribution in [-0.2, 0) is 0 Å². The van der Waals surface area contributed by atoms with E-state index in [0.717, 1.165) is 0 Å². The van der Waals surface area contributed by atoms with Crippen LogP contribution < -0.4 is 10.6 Å². The van der Waals surface area contributed by atoms with Gasteiger partial charge < -0.3 is 51.1 Å². The Labute approximate surface area is 306 Å². The van der Waals surface area contributed by atoms with E-state index in [4.69, 9.17) is 0 Å². The van der Waals surface area contributed by atoms with Crippen LogP contribution in [0.15, 0.2) is 78.9 Å². The van der Waals surface area contributed by atoms with Gasteiger partial charge in [0.1, 0.15) is 11.5 Å². The van der Waals surface area contributed by atoms with Crippen molar-refractivity contribution in [1.29, 1.82) is 0 Å². The van der Waals surface area contributed by atoms with Crippen molar-refractivity contribution in [3.8, 4) is 34.5 Å². The monoisotopic (exact) mass is 728 g/mol. The fraction of sp³-hybridized carbons (Fsp3) is 0.282. The summed E-state index contributed by atoms with van der Waals surface area (Å²) in [7, 11) is 0. The number of nitrogens with one attached hydrogen (secondary N) is 2. The van der Waals surface area contributed by atoms with Gasteiger partial charge in [0.2, 0.25) is 0 Å². The van der Waals surface area contributed by atoms with Gasteiger partial charge in [0.25, 0.3) is 23.6 Å². The van der Waals surface area contributed by atoms with E-state index in [-0.39, 0.29) is 79.3 Å². The number of para-hydroxylation sites is 2. The highest BCUT2D eigenvalue weighted by molar-refractivity contribution is 5.98. The molecule has 0 spiro atoms. The maximum Gasteiger partial charge on any atom is 0.257 e. The third kappa shape index (κ3) is 10.5. The first-order valence-corrected chi connectivity index (χ1v) is 17.1. The van der Waals surface area contributed by atoms with E-state index >= 15 is 0 Å². The van der Waals surface area contributed by atoms with Crippen LogP contribution >= 0.6 is 0 Å². The zero-order valence-electron chi connectivity index (χ0n) is 29.3. The molecule has 0 unspecified atom stereocenters. The molecule has 0 saturated heterocycles. The molecule has 4 rings (SSSR count). The van der Waals surface area contributed by atoms with Gasteiger partial charge in [0.15, 0.2) is 23.0 Å². The molecule has 0 bridgehead atoms. The number of carbonyl (C=O) groups excluding carboxylic acids is 4. The van der Waals surface area contributed by atoms with E-state index in [1.165, 1.54) is 59.5 Å². The van der Waals surface area contributed by atoms with Crippen molar-refractivity contribution < 1.29 is 49.8 Å². The molecular formula is C39H44N4O10. The average molecular weight is 729 g/mol. The lowest BCUT2D eigenvalue weighted by Gasteiger charge is -2.26. The maximum atomic E-state index is 13.6. The molecule has 4 aromatic rings. The number of phenolic OH excluding ortho intramolecular Hbond substituents is 6. The molecule has 8 N–H and O–H groups in total. The third-order valence-electron chi connectivity index (χ3n) is 8.61. The predicted octanol–water partition coefficient (Wildman–Crippen LogP) is 4.23. The van der Waals surface area contributed by atoms with Crippen LogP contribution in [0.25, 0.3) is 0 Å². The summed E-state index contributed by atoms with van der Waals surface area (Å²) in [5.74, 6) is -3.90. The molecule has 280 valence electrons. The number of unbranched alkanes of at least 4 members (excludes halogenated alkanes) is 1. The van der Waals surface area contributed by atoms with E-state index in [9.17, 15) is 49.8 Å². The van der Waals surface area contributed by atoms with Crippen LogP contribution in [0.3, 0.4) is 0 Å². The SMILES string of the molecule is Cc1c(O)cccc1C(=O)NCCCN(CCCCN(CCCNC(=O)c1cccc(O)c1O)C(=O)c1cccc(O)c1)C(=O)c1cccc(O)c1O. The Hall–Kier alpha value is -6.44. The molecule has 0 fully saturated rings. The van der Waals surface area contributed by atoms with E-state index < -0.39 is 34.8 Å². The molecule has 14 nitrogen and oxygen atoms in total. The number of phenols is 6. The van der Waals surface area contributed by atoms with Crippen molar-refractivity contribution in [2.45, 2.75) is 32.6 Å². The molecule has 0 heterocycles. The van der Waals surface area contributed by atoms with Crippen LogP contribution in [0.5, 0.6) is 34.5 Å². The largest absolute Gasteiger partial charge is 0.508 e. The lowest BCUT2D eigenvalue weighted by molar-refractivity contribution is 0.0716. The van der Waals surface area contributed by atoms with Gasteiger partial charge >= 0.3 is 0 Å². The summed E-state index contributed by atoms with van der Waals surface area (Å²) in [5.41, 5.74) is 0.843. The number of nitrogens with zero attached hydrogens (tertiary/aromatic N) is 2. The summed E-state index contributed by atoms with van der Waals surface area (Å²) in [5, 5.41) is 65.5. The number of hydrogen-bond acceptors (Lipinski definition) is 10. The highest BCUT2D eigenvalue weighted by Crippen LogP contribution is 2.30. The standard InChI is InChI=1S/C39H44N4O10/c1-25-28(12-5-15-31(25)45)36(50)40-18-9-23-43(39(53)30-14-7-17-33(47)35(30)49)21-3-2-20-42(38(52)26-10-4-11-27(44)24-26)22-8-19-41-37(51)29-13-6-16-32(46)34(29)48/h4-7,10-17,24,44-49H,2-3,8-9,18-23H2,1H3,(H,40,50)(H,41,51). The second-order valence-corrected chi connectivity index (χ2v) is 12.4. The van der Waals surface area contributed by atoms with Crippen molar-refractivity contribution in [3.63, 3.8) is 0 Å². The van der Waals surface area contributed by atoms with Gasteiger partial charge in [0, 0.05) is 56.0 Å². The predicted molar refractivity (Wildman–Crippen MR) is 195 cm³/mol. The van der Waals surface area contributed by atoms with Crippen LogP contribution in [-0.4, -0.2) is 103 Å². The van der Waals surface area contributed by atoms with E-state index in [2.05, 4.69) is 10.6 Å². The molecular weight excluding hydrogens is 684 g/mol. The summed E-state index contributed by atoms with van der Waals surface area (Å²) in [6, 6.07) is 18.7. The first-order valence-electron chi connectivity index (χ1n) is 17.1. The maximum absolute atomic E-state index is 13.6. The van der Waals surface area contributed by atoms with Crippen molar-refractivity contribution in [1.82, 2.24) is 20.4 Å². The number of carbonyl (C=O) groups is 4. The highest BCUT2D eigenvalue weighted by Gasteiger charge is 2.22. The topological polar surface area (TPSA) is 220 Å². The summed E-state index contributed by atoms with van der Waals surface area (Å²) >= 11 is 0. The zero-order chi connectivity index (χ0) is 38.5. The molecule has 0 aliphatic heterocycles. The molecule has 4 aromatic carbocycles. The molecule has 0 atom stereocenters. The Balaban J connectivity index is 1.38. The number of rotatable bonds is 17. The lowest BCUT2D eigenvalue weighted by atomic mass is 10.1. The Morgan fingerprint density at radius 3 is 1.57 bits per heavy atom. The minimum atomic E-state index is -0.596. The van der Waals surface area contributed by atoms with Gasteiger partial charge in [-0.2, -0.15) is 0 Å². The minimum Gasteiger partial charge on any atom is -0.508 e. The zero-order valence-corrected chi connectivity index (χ0v) is 29.3. The van der Waals surface area contributed by atoms with Gasteiger partial charge in [-0.3, -0.25) is 19.2 Å². The van der Waals surface area contributed by atoms with Crippen LogP contribution in [0, 0.1) is 6.92 Å². The number of aromatic hydroxyl groups is 6. The number of benzene rings is 4. The van der Waals surface area contributed by atoms with Crippen molar-refractivity contribution >= 4 is 23.6 Å². The van der Waals surface area contributed by atoms with E-state index in [1.54, 1.807) is 36.1 Å². The Bertz CT molecular complexity index is 1930. The van der Waals surface area contributed by atoms with Gasteiger partial charge in [-0.25, -0.2) is 0 Å². The Morgan fingerprint density at radius 1 is 0.528 bits per heavy atom. The lowest BCUT2D eigenvalue weighted by Crippen LogP contribution is -2.37. The first kappa shape index (κ1) is 39.3. The second-order valence-electron chi connectivity index (χ2n) is 12.4. The number of hydrogen-bond donors (Lipinski definition) is 8. The fourth-order valence-corrected chi connectivity index (χ4v) is 5.65. The summed E-state index contributed by atoms with van der Waals surface area (Å²) in [6.45, 7) is 2.87. The highest BCUT2D eigenvalue weighted by atomic mass is 16.3. The van der Waals surface area contributed by atoms with Crippen molar-refractivity contribution in [2.24, 2.45) is 0 Å². The first-order chi connectivity index (χ1) is 25.4. The summed E-state index contributed by atoms with van der Waals surface area (Å²) in [4.78, 5) is 55.4. The summed E-state index contributed by atoms with van der Waals surface area (Å²) < 4.78 is 0. The summed E-state index contributed by atoms with van der Waals surface area (Å²) in [6.07, 6.45) is 1.56. The average Bonchev–Trinajstić information content (AvgIpc) is 3.14. The van der Waals surface area contributed by atoms with Crippen LogP contribution in [0.1, 0.15) is 72.7 Å². The van der Waals surface area contributed by atoms with Gasteiger partial charge in [-0.1, -0.05) is 24.3 Å². The quantitative estimate of drug-likeness (QED) is 0.0571. The van der Waals surface area contributed by atoms with Crippen molar-refractivity contribution in [3.05, 3.63) is 107 Å².